The van der Waals surface area contributed by atoms with Crippen molar-refractivity contribution >= 4 is 0 Å². The van der Waals surface area contributed by atoms with Crippen LogP contribution in [0.5, 0.6) is 11.5 Å². The van der Waals surface area contributed by atoms with E-state index in [1.807, 2.05) is 6.92 Å². The van der Waals surface area contributed by atoms with E-state index in [0.29, 0.717) is 24.0 Å². The quantitative estimate of drug-likeness (QED) is 0.612. The summed E-state index contributed by atoms with van der Waals surface area (Å²) in [4.78, 5) is 0. The Bertz CT molecular complexity index is 725. The Morgan fingerprint density at radius 1 is 0.952 bits per heavy atom. The molecule has 0 aliphatic carbocycles. The van der Waals surface area contributed by atoms with Gasteiger partial charge >= 0.3 is 0 Å². The van der Waals surface area contributed by atoms with E-state index < -0.39 is 23.3 Å². The molecule has 0 bridgehead atoms. The highest BCUT2D eigenvalue weighted by molar-refractivity contribution is 5.52. The van der Waals surface area contributed by atoms with Gasteiger partial charge in [-0.15, -0.1) is 0 Å². The zero-order valence-corrected chi connectivity index (χ0v) is 11.3. The summed E-state index contributed by atoms with van der Waals surface area (Å²) in [7, 11) is 0. The first kappa shape index (κ1) is 13.9. The normalized spacial score (nSPS) is 12.6. The molecule has 0 fully saturated rings. The van der Waals surface area contributed by atoms with Gasteiger partial charge < -0.3 is 4.74 Å². The van der Waals surface area contributed by atoms with Crippen molar-refractivity contribution in [2.75, 3.05) is 0 Å². The van der Waals surface area contributed by atoms with Crippen molar-refractivity contribution in [3.63, 3.8) is 0 Å². The maximum Gasteiger partial charge on any atom is 0.201 e. The summed E-state index contributed by atoms with van der Waals surface area (Å²) in [5.41, 5.74) is 1.12. The number of fused-ring (bicyclic) bond motifs is 2. The standard InChI is InChI=1S/C16H12F4O/c1-2-3-8-6-10-7-9-4-5-11(17)13(19)15(9)21-16(10)14(20)12(8)18/h4-6H,2-3,7H2,1H3. The van der Waals surface area contributed by atoms with Crippen molar-refractivity contribution in [3.8, 4) is 11.5 Å². The van der Waals surface area contributed by atoms with Gasteiger partial charge in [0.1, 0.15) is 0 Å². The van der Waals surface area contributed by atoms with Crippen molar-refractivity contribution in [1.29, 1.82) is 0 Å². The van der Waals surface area contributed by atoms with Crippen LogP contribution in [-0.4, -0.2) is 0 Å². The van der Waals surface area contributed by atoms with E-state index >= 15 is 0 Å². The minimum absolute atomic E-state index is 0.176. The molecule has 0 aromatic heterocycles. The van der Waals surface area contributed by atoms with Crippen LogP contribution in [0.2, 0.25) is 0 Å². The second-order valence-corrected chi connectivity index (χ2v) is 5.03. The number of rotatable bonds is 2. The third-order valence-electron chi connectivity index (χ3n) is 3.55. The summed E-state index contributed by atoms with van der Waals surface area (Å²) in [5.74, 6) is -5.13. The van der Waals surface area contributed by atoms with Crippen molar-refractivity contribution < 1.29 is 22.3 Å². The molecule has 0 saturated heterocycles. The highest BCUT2D eigenvalue weighted by Gasteiger charge is 2.28. The fourth-order valence-corrected chi connectivity index (χ4v) is 2.54. The summed E-state index contributed by atoms with van der Waals surface area (Å²) < 4.78 is 60.0. The fraction of sp³-hybridized carbons (Fsp3) is 0.250. The van der Waals surface area contributed by atoms with Gasteiger partial charge in [-0.2, -0.15) is 8.78 Å². The van der Waals surface area contributed by atoms with E-state index in [0.717, 1.165) is 6.07 Å². The van der Waals surface area contributed by atoms with Crippen molar-refractivity contribution in [3.05, 3.63) is 58.2 Å². The third kappa shape index (κ3) is 2.17. The SMILES string of the molecule is CCCc1cc2c(c(F)c1F)Oc1c(ccc(F)c1F)C2. The van der Waals surface area contributed by atoms with Crippen LogP contribution in [0.15, 0.2) is 18.2 Å². The fourth-order valence-electron chi connectivity index (χ4n) is 2.54. The smallest absolute Gasteiger partial charge is 0.201 e. The molecule has 0 unspecified atom stereocenters. The number of hydrogen-bond donors (Lipinski definition) is 0. The maximum atomic E-state index is 14.1. The van der Waals surface area contributed by atoms with Crippen LogP contribution in [0.25, 0.3) is 0 Å². The maximum absolute atomic E-state index is 14.1. The minimum atomic E-state index is -1.18. The van der Waals surface area contributed by atoms with Crippen LogP contribution < -0.4 is 4.74 Å². The van der Waals surface area contributed by atoms with Gasteiger partial charge in [0.2, 0.25) is 11.6 Å². The van der Waals surface area contributed by atoms with E-state index in [-0.39, 0.29) is 23.5 Å². The van der Waals surface area contributed by atoms with Crippen molar-refractivity contribution in [2.24, 2.45) is 0 Å². The summed E-state index contributed by atoms with van der Waals surface area (Å²) in [6, 6.07) is 3.91. The van der Waals surface area contributed by atoms with Gasteiger partial charge in [0.05, 0.1) is 0 Å². The monoisotopic (exact) mass is 296 g/mol. The molecule has 0 saturated carbocycles. The molecule has 2 aromatic carbocycles. The number of benzene rings is 2. The molecule has 0 atom stereocenters. The number of aryl methyl sites for hydroxylation is 1. The van der Waals surface area contributed by atoms with E-state index in [1.165, 1.54) is 12.1 Å². The predicted molar refractivity (Wildman–Crippen MR) is 69.6 cm³/mol. The highest BCUT2D eigenvalue weighted by atomic mass is 19.2. The molecule has 1 nitrogen and oxygen atoms in total. The van der Waals surface area contributed by atoms with Gasteiger partial charge in [-0.1, -0.05) is 19.4 Å². The Kier molecular flexibility index (Phi) is 3.35. The average molecular weight is 296 g/mol. The second-order valence-electron chi connectivity index (χ2n) is 5.03. The van der Waals surface area contributed by atoms with Gasteiger partial charge in [-0.05, 0) is 24.1 Å². The van der Waals surface area contributed by atoms with Crippen LogP contribution in [0.4, 0.5) is 17.6 Å². The lowest BCUT2D eigenvalue weighted by Gasteiger charge is -2.22. The van der Waals surface area contributed by atoms with Gasteiger partial charge in [0, 0.05) is 17.5 Å². The van der Waals surface area contributed by atoms with Gasteiger partial charge in [-0.25, -0.2) is 8.78 Å². The molecule has 0 spiro atoms. The summed E-state index contributed by atoms with van der Waals surface area (Å²) in [5, 5.41) is 0. The minimum Gasteiger partial charge on any atom is -0.450 e. The lowest BCUT2D eigenvalue weighted by Crippen LogP contribution is -2.10. The van der Waals surface area contributed by atoms with Crippen LogP contribution in [0.3, 0.4) is 0 Å². The van der Waals surface area contributed by atoms with E-state index in [9.17, 15) is 17.6 Å². The third-order valence-corrected chi connectivity index (χ3v) is 3.55. The molecule has 110 valence electrons. The second kappa shape index (κ2) is 5.06. The zero-order valence-electron chi connectivity index (χ0n) is 11.3. The Morgan fingerprint density at radius 2 is 1.67 bits per heavy atom. The predicted octanol–water partition coefficient (Wildman–Crippen LogP) is 4.89. The number of hydrogen-bond acceptors (Lipinski definition) is 1. The summed E-state index contributed by atoms with van der Waals surface area (Å²) >= 11 is 0. The van der Waals surface area contributed by atoms with Gasteiger partial charge in [0.15, 0.2) is 23.1 Å². The molecule has 5 heteroatoms. The van der Waals surface area contributed by atoms with Crippen LogP contribution in [0, 0.1) is 23.3 Å². The first-order chi connectivity index (χ1) is 10.0. The molecular formula is C16H12F4O. The average Bonchev–Trinajstić information content (AvgIpc) is 2.48. The summed E-state index contributed by atoms with van der Waals surface area (Å²) in [6.07, 6.45) is 1.25. The molecule has 1 aliphatic rings. The largest absolute Gasteiger partial charge is 0.450 e. The Morgan fingerprint density at radius 3 is 2.38 bits per heavy atom. The molecule has 2 aromatic rings. The van der Waals surface area contributed by atoms with E-state index in [2.05, 4.69) is 0 Å². The first-order valence-electron chi connectivity index (χ1n) is 6.67. The van der Waals surface area contributed by atoms with Crippen LogP contribution >= 0.6 is 0 Å². The van der Waals surface area contributed by atoms with Crippen molar-refractivity contribution in [2.45, 2.75) is 26.2 Å². The van der Waals surface area contributed by atoms with Crippen molar-refractivity contribution in [1.82, 2.24) is 0 Å². The molecule has 0 radical (unpaired) electrons. The molecule has 21 heavy (non-hydrogen) atoms. The first-order valence-corrected chi connectivity index (χ1v) is 6.67. The topological polar surface area (TPSA) is 9.23 Å². The number of ether oxygens (including phenoxy) is 1. The Labute approximate surface area is 119 Å². The molecule has 3 rings (SSSR count). The lowest BCUT2D eigenvalue weighted by molar-refractivity contribution is 0.368. The molecule has 0 N–H and O–H groups in total. The molecule has 1 aliphatic heterocycles. The van der Waals surface area contributed by atoms with Gasteiger partial charge in [-0.3, -0.25) is 0 Å². The Balaban J connectivity index is 2.13. The molecule has 1 heterocycles. The lowest BCUT2D eigenvalue weighted by atomic mass is 9.96. The number of halogens is 4. The van der Waals surface area contributed by atoms with Crippen LogP contribution in [-0.2, 0) is 12.8 Å². The van der Waals surface area contributed by atoms with E-state index in [4.69, 9.17) is 4.74 Å². The van der Waals surface area contributed by atoms with E-state index in [1.54, 1.807) is 0 Å². The highest BCUT2D eigenvalue weighted by Crippen LogP contribution is 2.41. The van der Waals surface area contributed by atoms with Crippen LogP contribution in [0.1, 0.15) is 30.0 Å². The zero-order chi connectivity index (χ0) is 15.1. The van der Waals surface area contributed by atoms with Gasteiger partial charge in [0.25, 0.3) is 0 Å². The summed E-state index contributed by atoms with van der Waals surface area (Å²) in [6.45, 7) is 1.86. The molecular weight excluding hydrogens is 284 g/mol. The Hall–Kier alpha value is -2.04. The molecule has 0 amide bonds.